The summed E-state index contributed by atoms with van der Waals surface area (Å²) < 4.78 is 0. The van der Waals surface area contributed by atoms with Gasteiger partial charge in [-0.15, -0.1) is 0 Å². The van der Waals surface area contributed by atoms with Crippen molar-refractivity contribution in [3.63, 3.8) is 0 Å². The van der Waals surface area contributed by atoms with Gasteiger partial charge in [-0.05, 0) is 37.0 Å². The maximum Gasteiger partial charge on any atom is 0.115 e. The van der Waals surface area contributed by atoms with Crippen LogP contribution in [0.5, 0.6) is 5.75 Å². The van der Waals surface area contributed by atoms with E-state index in [1.807, 2.05) is 12.1 Å². The fourth-order valence-corrected chi connectivity index (χ4v) is 1.77. The Labute approximate surface area is 96.9 Å². The molecule has 4 N–H and O–H groups in total. The van der Waals surface area contributed by atoms with E-state index in [2.05, 4.69) is 6.92 Å². The number of benzene rings is 1. The van der Waals surface area contributed by atoms with Crippen LogP contribution < -0.4 is 5.73 Å². The third-order valence-corrected chi connectivity index (χ3v) is 2.76. The van der Waals surface area contributed by atoms with Crippen molar-refractivity contribution in [2.24, 2.45) is 5.73 Å². The van der Waals surface area contributed by atoms with Crippen LogP contribution in [0.4, 0.5) is 0 Å². The molecule has 3 heteroatoms. The van der Waals surface area contributed by atoms with E-state index in [0.717, 1.165) is 24.8 Å². The minimum absolute atomic E-state index is 0.137. The highest BCUT2D eigenvalue weighted by Gasteiger charge is 2.13. The summed E-state index contributed by atoms with van der Waals surface area (Å²) in [7, 11) is 0. The second-order valence-corrected chi connectivity index (χ2v) is 4.23. The molecule has 0 amide bonds. The van der Waals surface area contributed by atoms with Crippen molar-refractivity contribution in [2.75, 3.05) is 0 Å². The Hall–Kier alpha value is -1.06. The molecule has 1 aromatic rings. The Morgan fingerprint density at radius 1 is 1.31 bits per heavy atom. The molecule has 3 nitrogen and oxygen atoms in total. The van der Waals surface area contributed by atoms with Gasteiger partial charge in [0.05, 0.1) is 6.10 Å². The fraction of sp³-hybridized carbons (Fsp3) is 0.538. The lowest BCUT2D eigenvalue weighted by Gasteiger charge is -2.17. The monoisotopic (exact) mass is 223 g/mol. The van der Waals surface area contributed by atoms with Gasteiger partial charge in [-0.2, -0.15) is 0 Å². The van der Waals surface area contributed by atoms with Crippen molar-refractivity contribution in [2.45, 2.75) is 44.8 Å². The Kier molecular flexibility index (Phi) is 5.29. The van der Waals surface area contributed by atoms with Gasteiger partial charge < -0.3 is 15.9 Å². The lowest BCUT2D eigenvalue weighted by molar-refractivity contribution is 0.131. The molecule has 2 unspecified atom stereocenters. The standard InChI is InChI=1S/C13H21NO2/c1-2-4-12(14)13(16)8-7-10-5-3-6-11(15)9-10/h3,5-6,9,12-13,15-16H,2,4,7-8,14H2,1H3. The van der Waals surface area contributed by atoms with Crippen molar-refractivity contribution < 1.29 is 10.2 Å². The summed E-state index contributed by atoms with van der Waals surface area (Å²) in [6.07, 6.45) is 2.77. The van der Waals surface area contributed by atoms with Crippen molar-refractivity contribution in [3.05, 3.63) is 29.8 Å². The van der Waals surface area contributed by atoms with E-state index in [1.165, 1.54) is 0 Å². The summed E-state index contributed by atoms with van der Waals surface area (Å²) in [5.74, 6) is 0.268. The van der Waals surface area contributed by atoms with Crippen molar-refractivity contribution in [1.82, 2.24) is 0 Å². The summed E-state index contributed by atoms with van der Waals surface area (Å²) in [6, 6.07) is 6.98. The van der Waals surface area contributed by atoms with Crippen LogP contribution in [-0.2, 0) is 6.42 Å². The number of aryl methyl sites for hydroxylation is 1. The van der Waals surface area contributed by atoms with E-state index in [1.54, 1.807) is 12.1 Å². The van der Waals surface area contributed by atoms with Crippen LogP contribution in [0, 0.1) is 0 Å². The number of hydrogen-bond donors (Lipinski definition) is 3. The number of aliphatic hydroxyl groups is 1. The number of rotatable bonds is 6. The molecule has 2 atom stereocenters. The average Bonchev–Trinajstić information content (AvgIpc) is 2.26. The number of phenolic OH excluding ortho intramolecular Hbond substituents is 1. The Balaban J connectivity index is 2.39. The molecule has 0 saturated carbocycles. The number of aliphatic hydroxyl groups excluding tert-OH is 1. The molecule has 0 aliphatic heterocycles. The lowest BCUT2D eigenvalue weighted by atomic mass is 9.99. The zero-order valence-corrected chi connectivity index (χ0v) is 9.76. The molecule has 0 bridgehead atoms. The van der Waals surface area contributed by atoms with Crippen molar-refractivity contribution in [1.29, 1.82) is 0 Å². The van der Waals surface area contributed by atoms with Gasteiger partial charge in [0.1, 0.15) is 5.75 Å². The molecule has 0 fully saturated rings. The van der Waals surface area contributed by atoms with Crippen LogP contribution >= 0.6 is 0 Å². The molecule has 1 aromatic carbocycles. The van der Waals surface area contributed by atoms with Gasteiger partial charge in [-0.3, -0.25) is 0 Å². The van der Waals surface area contributed by atoms with Crippen LogP contribution in [0.2, 0.25) is 0 Å². The summed E-state index contributed by atoms with van der Waals surface area (Å²) in [5, 5.41) is 19.1. The van der Waals surface area contributed by atoms with E-state index in [-0.39, 0.29) is 11.8 Å². The third kappa shape index (κ3) is 4.21. The highest BCUT2D eigenvalue weighted by Crippen LogP contribution is 2.14. The topological polar surface area (TPSA) is 66.5 Å². The first-order valence-corrected chi connectivity index (χ1v) is 5.85. The SMILES string of the molecule is CCCC(N)C(O)CCc1cccc(O)c1. The molecular formula is C13H21NO2. The van der Waals surface area contributed by atoms with Crippen LogP contribution in [0.1, 0.15) is 31.7 Å². The first-order valence-electron chi connectivity index (χ1n) is 5.85. The van der Waals surface area contributed by atoms with E-state index >= 15 is 0 Å². The zero-order valence-electron chi connectivity index (χ0n) is 9.76. The molecule has 0 saturated heterocycles. The van der Waals surface area contributed by atoms with Gasteiger partial charge in [0.15, 0.2) is 0 Å². The van der Waals surface area contributed by atoms with E-state index in [4.69, 9.17) is 5.73 Å². The van der Waals surface area contributed by atoms with Crippen LogP contribution in [0.25, 0.3) is 0 Å². The molecule has 0 spiro atoms. The zero-order chi connectivity index (χ0) is 12.0. The summed E-state index contributed by atoms with van der Waals surface area (Å²) >= 11 is 0. The number of aromatic hydroxyl groups is 1. The predicted molar refractivity (Wildman–Crippen MR) is 65.3 cm³/mol. The molecule has 0 aromatic heterocycles. The third-order valence-electron chi connectivity index (χ3n) is 2.76. The summed E-state index contributed by atoms with van der Waals surface area (Å²) in [4.78, 5) is 0. The minimum Gasteiger partial charge on any atom is -0.508 e. The van der Waals surface area contributed by atoms with Crippen molar-refractivity contribution in [3.8, 4) is 5.75 Å². The molecule has 0 aliphatic rings. The summed E-state index contributed by atoms with van der Waals surface area (Å²) in [6.45, 7) is 2.06. The van der Waals surface area contributed by atoms with E-state index in [0.29, 0.717) is 6.42 Å². The van der Waals surface area contributed by atoms with Crippen LogP contribution in [0.15, 0.2) is 24.3 Å². The van der Waals surface area contributed by atoms with Gasteiger partial charge in [0.25, 0.3) is 0 Å². The Morgan fingerprint density at radius 2 is 2.06 bits per heavy atom. The molecular weight excluding hydrogens is 202 g/mol. The van der Waals surface area contributed by atoms with Crippen LogP contribution in [0.3, 0.4) is 0 Å². The maximum atomic E-state index is 9.79. The largest absolute Gasteiger partial charge is 0.508 e. The normalized spacial score (nSPS) is 14.7. The second-order valence-electron chi connectivity index (χ2n) is 4.23. The quantitative estimate of drug-likeness (QED) is 0.689. The van der Waals surface area contributed by atoms with Gasteiger partial charge in [-0.25, -0.2) is 0 Å². The Bertz CT molecular complexity index is 315. The molecule has 0 radical (unpaired) electrons. The van der Waals surface area contributed by atoms with Gasteiger partial charge in [0.2, 0.25) is 0 Å². The minimum atomic E-state index is -0.456. The highest BCUT2D eigenvalue weighted by molar-refractivity contribution is 5.27. The van der Waals surface area contributed by atoms with Crippen LogP contribution in [-0.4, -0.2) is 22.4 Å². The first kappa shape index (κ1) is 13.0. The fourth-order valence-electron chi connectivity index (χ4n) is 1.77. The first-order chi connectivity index (χ1) is 7.63. The molecule has 16 heavy (non-hydrogen) atoms. The molecule has 0 aliphatic carbocycles. The number of phenols is 1. The summed E-state index contributed by atoms with van der Waals surface area (Å²) in [5.41, 5.74) is 6.85. The number of nitrogens with two attached hydrogens (primary N) is 1. The van der Waals surface area contributed by atoms with E-state index < -0.39 is 6.10 Å². The van der Waals surface area contributed by atoms with Gasteiger partial charge in [0, 0.05) is 6.04 Å². The van der Waals surface area contributed by atoms with E-state index in [9.17, 15) is 10.2 Å². The predicted octanol–water partition coefficient (Wildman–Crippen LogP) is 1.81. The van der Waals surface area contributed by atoms with Gasteiger partial charge in [-0.1, -0.05) is 25.5 Å². The Morgan fingerprint density at radius 3 is 2.69 bits per heavy atom. The molecule has 0 heterocycles. The average molecular weight is 223 g/mol. The van der Waals surface area contributed by atoms with Gasteiger partial charge >= 0.3 is 0 Å². The molecule has 90 valence electrons. The maximum absolute atomic E-state index is 9.79. The lowest BCUT2D eigenvalue weighted by Crippen LogP contribution is -2.34. The molecule has 1 rings (SSSR count). The highest BCUT2D eigenvalue weighted by atomic mass is 16.3. The second kappa shape index (κ2) is 6.51. The number of hydrogen-bond acceptors (Lipinski definition) is 3. The smallest absolute Gasteiger partial charge is 0.115 e. The van der Waals surface area contributed by atoms with Crippen molar-refractivity contribution >= 4 is 0 Å².